The van der Waals surface area contributed by atoms with Gasteiger partial charge in [-0.1, -0.05) is 13.8 Å². The number of urea groups is 1. The molecule has 0 aromatic rings. The topological polar surface area (TPSA) is 69.6 Å². The summed E-state index contributed by atoms with van der Waals surface area (Å²) in [6.07, 6.45) is 2.99. The van der Waals surface area contributed by atoms with E-state index in [0.717, 1.165) is 19.3 Å². The van der Waals surface area contributed by atoms with Gasteiger partial charge in [-0.3, -0.25) is 4.79 Å². The van der Waals surface area contributed by atoms with Crippen molar-refractivity contribution < 1.29 is 14.7 Å². The quantitative estimate of drug-likeness (QED) is 0.760. The second kappa shape index (κ2) is 4.20. The number of carboxylic acids is 1. The van der Waals surface area contributed by atoms with Crippen molar-refractivity contribution in [2.75, 3.05) is 13.1 Å². The number of nitrogens with zero attached hydrogens (tertiary/aromatic N) is 1. The number of amides is 2. The van der Waals surface area contributed by atoms with Crippen LogP contribution in [0.1, 0.15) is 33.1 Å². The van der Waals surface area contributed by atoms with Gasteiger partial charge in [0, 0.05) is 12.6 Å². The van der Waals surface area contributed by atoms with Crippen molar-refractivity contribution >= 4 is 12.0 Å². The number of nitrogens with one attached hydrogen (secondary N) is 1. The Labute approximate surface area is 101 Å². The lowest BCUT2D eigenvalue weighted by Crippen LogP contribution is -2.44. The Bertz CT molecular complexity index is 337. The summed E-state index contributed by atoms with van der Waals surface area (Å²) in [5, 5.41) is 11.6. The lowest BCUT2D eigenvalue weighted by atomic mass is 10.1. The molecule has 2 rings (SSSR count). The summed E-state index contributed by atoms with van der Waals surface area (Å²) in [5.74, 6) is -0.406. The van der Waals surface area contributed by atoms with Crippen LogP contribution in [0.2, 0.25) is 0 Å². The van der Waals surface area contributed by atoms with Gasteiger partial charge in [0.05, 0.1) is 0 Å². The van der Waals surface area contributed by atoms with Gasteiger partial charge in [-0.25, -0.2) is 4.79 Å². The molecule has 0 spiro atoms. The third kappa shape index (κ3) is 3.11. The zero-order valence-corrected chi connectivity index (χ0v) is 10.4. The van der Waals surface area contributed by atoms with Gasteiger partial charge in [-0.05, 0) is 30.6 Å². The minimum absolute atomic E-state index is 0.137. The fourth-order valence-corrected chi connectivity index (χ4v) is 2.14. The molecule has 5 heteroatoms. The molecule has 0 aromatic heterocycles. The van der Waals surface area contributed by atoms with E-state index in [1.54, 1.807) is 0 Å². The molecule has 1 unspecified atom stereocenters. The molecular formula is C12H20N2O3. The number of aliphatic carboxylic acids is 1. The number of carbonyl (C=O) groups is 2. The fraction of sp³-hybridized carbons (Fsp3) is 0.833. The molecule has 5 nitrogen and oxygen atoms in total. The van der Waals surface area contributed by atoms with Crippen LogP contribution in [0.15, 0.2) is 0 Å². The number of carboxylic acid groups (broad SMARTS) is 1. The first-order chi connectivity index (χ1) is 7.90. The van der Waals surface area contributed by atoms with Gasteiger partial charge in [0.2, 0.25) is 0 Å². The van der Waals surface area contributed by atoms with Crippen molar-refractivity contribution in [3.8, 4) is 0 Å². The molecule has 0 saturated heterocycles. The summed E-state index contributed by atoms with van der Waals surface area (Å²) in [6, 6.07) is -0.0871. The molecule has 2 amide bonds. The first-order valence-corrected chi connectivity index (χ1v) is 6.16. The van der Waals surface area contributed by atoms with E-state index in [-0.39, 0.29) is 18.6 Å². The molecule has 0 aromatic carbocycles. The Kier molecular flexibility index (Phi) is 3.02. The summed E-state index contributed by atoms with van der Waals surface area (Å²) in [4.78, 5) is 24.0. The van der Waals surface area contributed by atoms with Gasteiger partial charge in [0.25, 0.3) is 0 Å². The summed E-state index contributed by atoms with van der Waals surface area (Å²) < 4.78 is 0. The van der Waals surface area contributed by atoms with Crippen molar-refractivity contribution in [1.29, 1.82) is 0 Å². The van der Waals surface area contributed by atoms with Gasteiger partial charge in [0.1, 0.15) is 6.54 Å². The van der Waals surface area contributed by atoms with E-state index >= 15 is 0 Å². The zero-order valence-electron chi connectivity index (χ0n) is 10.4. The molecule has 96 valence electrons. The highest BCUT2D eigenvalue weighted by molar-refractivity contribution is 5.80. The van der Waals surface area contributed by atoms with Crippen LogP contribution >= 0.6 is 0 Å². The number of rotatable bonds is 5. The number of carbonyl (C=O) groups excluding carboxylic acids is 1. The first kappa shape index (κ1) is 12.2. The van der Waals surface area contributed by atoms with Crippen molar-refractivity contribution in [3.05, 3.63) is 0 Å². The van der Waals surface area contributed by atoms with Gasteiger partial charge in [-0.2, -0.15) is 0 Å². The predicted molar refractivity (Wildman–Crippen MR) is 62.7 cm³/mol. The zero-order chi connectivity index (χ0) is 12.6. The second-order valence-corrected chi connectivity index (χ2v) is 5.83. The molecule has 2 fully saturated rings. The molecule has 0 heterocycles. The van der Waals surface area contributed by atoms with Crippen LogP contribution in [0, 0.1) is 11.3 Å². The van der Waals surface area contributed by atoms with Gasteiger partial charge in [-0.15, -0.1) is 0 Å². The van der Waals surface area contributed by atoms with Crippen LogP contribution in [0.3, 0.4) is 0 Å². The Balaban J connectivity index is 1.78. The number of hydrogen-bond acceptors (Lipinski definition) is 2. The summed E-state index contributed by atoms with van der Waals surface area (Å²) in [6.45, 7) is 4.83. The standard InChI is InChI=1S/C12H20N2O3/c1-12(2)5-8(12)6-13-11(17)14(7-10(15)16)9-3-4-9/h8-9H,3-7H2,1-2H3,(H,13,17)(H,15,16). The lowest BCUT2D eigenvalue weighted by molar-refractivity contribution is -0.137. The normalized spacial score (nSPS) is 25.2. The van der Waals surface area contributed by atoms with E-state index in [1.807, 2.05) is 0 Å². The molecule has 0 bridgehead atoms. The highest BCUT2D eigenvalue weighted by Gasteiger charge is 2.45. The van der Waals surface area contributed by atoms with E-state index < -0.39 is 5.97 Å². The van der Waals surface area contributed by atoms with E-state index in [4.69, 9.17) is 5.11 Å². The Hall–Kier alpha value is -1.26. The van der Waals surface area contributed by atoms with Crippen molar-refractivity contribution in [2.45, 2.75) is 39.2 Å². The molecule has 0 radical (unpaired) electrons. The maximum absolute atomic E-state index is 11.9. The largest absolute Gasteiger partial charge is 0.480 e. The summed E-state index contributed by atoms with van der Waals surface area (Å²) >= 11 is 0. The van der Waals surface area contributed by atoms with Crippen LogP contribution in [-0.4, -0.2) is 41.1 Å². The van der Waals surface area contributed by atoms with Crippen molar-refractivity contribution in [3.63, 3.8) is 0 Å². The average Bonchev–Trinajstić information content (AvgIpc) is 3.09. The minimum Gasteiger partial charge on any atom is -0.480 e. The van der Waals surface area contributed by atoms with E-state index in [1.165, 1.54) is 4.90 Å². The maximum Gasteiger partial charge on any atom is 0.323 e. The van der Waals surface area contributed by atoms with Crippen molar-refractivity contribution in [2.24, 2.45) is 11.3 Å². The highest BCUT2D eigenvalue weighted by atomic mass is 16.4. The number of hydrogen-bond donors (Lipinski definition) is 2. The first-order valence-electron chi connectivity index (χ1n) is 6.16. The van der Waals surface area contributed by atoms with Crippen molar-refractivity contribution in [1.82, 2.24) is 10.2 Å². The smallest absolute Gasteiger partial charge is 0.323 e. The molecular weight excluding hydrogens is 220 g/mol. The second-order valence-electron chi connectivity index (χ2n) is 5.83. The molecule has 1 atom stereocenters. The molecule has 2 aliphatic carbocycles. The van der Waals surface area contributed by atoms with E-state index in [9.17, 15) is 9.59 Å². The monoisotopic (exact) mass is 240 g/mol. The average molecular weight is 240 g/mol. The van der Waals surface area contributed by atoms with Gasteiger partial charge >= 0.3 is 12.0 Å². The fourth-order valence-electron chi connectivity index (χ4n) is 2.14. The van der Waals surface area contributed by atoms with Crippen LogP contribution < -0.4 is 5.32 Å². The van der Waals surface area contributed by atoms with Crippen LogP contribution in [0.4, 0.5) is 4.79 Å². The van der Waals surface area contributed by atoms with E-state index in [2.05, 4.69) is 19.2 Å². The van der Waals surface area contributed by atoms with Gasteiger partial charge in [0.15, 0.2) is 0 Å². The Morgan fingerprint density at radius 3 is 2.41 bits per heavy atom. The van der Waals surface area contributed by atoms with Crippen LogP contribution in [0.25, 0.3) is 0 Å². The third-order valence-electron chi connectivity index (χ3n) is 3.77. The molecule has 0 aliphatic heterocycles. The summed E-state index contributed by atoms with van der Waals surface area (Å²) in [7, 11) is 0. The van der Waals surface area contributed by atoms with Crippen LogP contribution in [0.5, 0.6) is 0 Å². The Morgan fingerprint density at radius 2 is 2.00 bits per heavy atom. The summed E-state index contributed by atoms with van der Waals surface area (Å²) in [5.41, 5.74) is 0.338. The molecule has 2 saturated carbocycles. The minimum atomic E-state index is -0.946. The van der Waals surface area contributed by atoms with Gasteiger partial charge < -0.3 is 15.3 Å². The molecule has 2 aliphatic rings. The van der Waals surface area contributed by atoms with E-state index in [0.29, 0.717) is 17.9 Å². The predicted octanol–water partition coefficient (Wildman–Crippen LogP) is 1.29. The highest BCUT2D eigenvalue weighted by Crippen LogP contribution is 2.51. The molecule has 17 heavy (non-hydrogen) atoms. The lowest BCUT2D eigenvalue weighted by Gasteiger charge is -2.20. The van der Waals surface area contributed by atoms with Crippen LogP contribution in [-0.2, 0) is 4.79 Å². The SMILES string of the molecule is CC1(C)CC1CNC(=O)N(CC(=O)O)C1CC1. The maximum atomic E-state index is 11.9. The third-order valence-corrected chi connectivity index (χ3v) is 3.77. The Morgan fingerprint density at radius 1 is 1.41 bits per heavy atom. The molecule has 2 N–H and O–H groups in total.